The van der Waals surface area contributed by atoms with Gasteiger partial charge in [-0.2, -0.15) is 0 Å². The first-order valence-electron chi connectivity index (χ1n) is 7.74. The first kappa shape index (κ1) is 16.9. The molecule has 0 radical (unpaired) electrons. The molecule has 0 saturated carbocycles. The van der Waals surface area contributed by atoms with Crippen molar-refractivity contribution >= 4 is 39.7 Å². The van der Waals surface area contributed by atoms with E-state index in [1.165, 1.54) is 18.3 Å². The second kappa shape index (κ2) is 7.27. The molecule has 2 amide bonds. The van der Waals surface area contributed by atoms with Crippen LogP contribution in [0.5, 0.6) is 0 Å². The number of thiazole rings is 1. The Morgan fingerprint density at radius 2 is 1.72 bits per heavy atom. The summed E-state index contributed by atoms with van der Waals surface area (Å²) in [6.45, 7) is 3.34. The van der Waals surface area contributed by atoms with Gasteiger partial charge in [0.1, 0.15) is 0 Å². The van der Waals surface area contributed by atoms with Crippen molar-refractivity contribution in [2.75, 3.05) is 10.2 Å². The fourth-order valence-electron chi connectivity index (χ4n) is 2.36. The minimum Gasteiger partial charge on any atom is -0.326 e. The van der Waals surface area contributed by atoms with Crippen molar-refractivity contribution in [1.29, 1.82) is 0 Å². The van der Waals surface area contributed by atoms with E-state index >= 15 is 0 Å². The molecule has 0 fully saturated rings. The predicted octanol–water partition coefficient (Wildman–Crippen LogP) is 4.39. The molecule has 0 spiro atoms. The minimum absolute atomic E-state index is 0.150. The van der Waals surface area contributed by atoms with Crippen molar-refractivity contribution in [3.05, 3.63) is 71.2 Å². The maximum Gasteiger partial charge on any atom is 0.264 e. The van der Waals surface area contributed by atoms with Gasteiger partial charge in [-0.05, 0) is 43.3 Å². The molecule has 0 aliphatic rings. The van der Waals surface area contributed by atoms with E-state index in [1.54, 1.807) is 29.2 Å². The molecule has 3 rings (SSSR count). The van der Waals surface area contributed by atoms with Crippen LogP contribution in [0, 0.1) is 6.92 Å². The monoisotopic (exact) mass is 351 g/mol. The Labute approximate surface area is 149 Å². The molecule has 2 aromatic carbocycles. The average molecular weight is 351 g/mol. The van der Waals surface area contributed by atoms with Crippen LogP contribution in [-0.4, -0.2) is 16.8 Å². The number of hydrogen-bond donors (Lipinski definition) is 1. The van der Waals surface area contributed by atoms with Crippen LogP contribution in [0.3, 0.4) is 0 Å². The van der Waals surface area contributed by atoms with Crippen LogP contribution in [0.25, 0.3) is 0 Å². The lowest BCUT2D eigenvalue weighted by Crippen LogP contribution is -2.25. The molecule has 1 heterocycles. The Morgan fingerprint density at radius 3 is 2.28 bits per heavy atom. The van der Waals surface area contributed by atoms with E-state index in [1.807, 2.05) is 42.6 Å². The number of carbonyl (C=O) groups is 2. The number of para-hydroxylation sites is 1. The van der Waals surface area contributed by atoms with Gasteiger partial charge in [-0.15, -0.1) is 11.3 Å². The maximum absolute atomic E-state index is 13.1. The second-order valence-electron chi connectivity index (χ2n) is 5.51. The van der Waals surface area contributed by atoms with E-state index < -0.39 is 0 Å². The Hall–Kier alpha value is -2.99. The van der Waals surface area contributed by atoms with Crippen LogP contribution in [-0.2, 0) is 4.79 Å². The third-order valence-corrected chi connectivity index (χ3v) is 4.41. The van der Waals surface area contributed by atoms with Gasteiger partial charge >= 0.3 is 0 Å². The fraction of sp³-hybridized carbons (Fsp3) is 0.105. The lowest BCUT2D eigenvalue weighted by molar-refractivity contribution is -0.114. The van der Waals surface area contributed by atoms with E-state index in [4.69, 9.17) is 0 Å². The summed E-state index contributed by atoms with van der Waals surface area (Å²) in [4.78, 5) is 30.3. The number of hydrogen-bond acceptors (Lipinski definition) is 4. The molecule has 0 aliphatic carbocycles. The van der Waals surface area contributed by atoms with Crippen LogP contribution in [0.15, 0.2) is 60.0 Å². The SMILES string of the molecule is CC(=O)Nc1ccc(C(=O)N(c2ccccc2)c2nc(C)cs2)cc1. The molecule has 25 heavy (non-hydrogen) atoms. The molecule has 0 aliphatic heterocycles. The number of nitrogens with one attached hydrogen (secondary N) is 1. The number of aryl methyl sites for hydroxylation is 1. The predicted molar refractivity (Wildman–Crippen MR) is 101 cm³/mol. The largest absolute Gasteiger partial charge is 0.326 e. The number of amides is 2. The van der Waals surface area contributed by atoms with E-state index in [0.29, 0.717) is 16.4 Å². The van der Waals surface area contributed by atoms with Gasteiger partial charge in [0.25, 0.3) is 5.91 Å². The third-order valence-electron chi connectivity index (χ3n) is 3.47. The quantitative estimate of drug-likeness (QED) is 0.758. The Kier molecular flexibility index (Phi) is 4.90. The molecule has 1 N–H and O–H groups in total. The van der Waals surface area contributed by atoms with Gasteiger partial charge in [0, 0.05) is 23.6 Å². The summed E-state index contributed by atoms with van der Waals surface area (Å²) >= 11 is 1.42. The summed E-state index contributed by atoms with van der Waals surface area (Å²) in [5.41, 5.74) is 2.80. The summed E-state index contributed by atoms with van der Waals surface area (Å²) in [7, 11) is 0. The summed E-state index contributed by atoms with van der Waals surface area (Å²) in [5.74, 6) is -0.321. The Morgan fingerprint density at radius 1 is 1.04 bits per heavy atom. The van der Waals surface area contributed by atoms with Crippen LogP contribution in [0.4, 0.5) is 16.5 Å². The number of anilines is 3. The highest BCUT2D eigenvalue weighted by Crippen LogP contribution is 2.30. The van der Waals surface area contributed by atoms with Gasteiger partial charge in [0.2, 0.25) is 5.91 Å². The number of rotatable bonds is 4. The van der Waals surface area contributed by atoms with E-state index in [9.17, 15) is 9.59 Å². The minimum atomic E-state index is -0.171. The van der Waals surface area contributed by atoms with Crippen LogP contribution < -0.4 is 10.2 Å². The summed E-state index contributed by atoms with van der Waals surface area (Å²) < 4.78 is 0. The zero-order chi connectivity index (χ0) is 17.8. The van der Waals surface area contributed by atoms with E-state index in [0.717, 1.165) is 11.4 Å². The molecule has 3 aromatic rings. The highest BCUT2D eigenvalue weighted by Gasteiger charge is 2.22. The number of benzene rings is 2. The zero-order valence-electron chi connectivity index (χ0n) is 13.9. The van der Waals surface area contributed by atoms with E-state index in [2.05, 4.69) is 10.3 Å². The lowest BCUT2D eigenvalue weighted by atomic mass is 10.1. The Balaban J connectivity index is 1.96. The smallest absolute Gasteiger partial charge is 0.264 e. The maximum atomic E-state index is 13.1. The highest BCUT2D eigenvalue weighted by molar-refractivity contribution is 7.14. The topological polar surface area (TPSA) is 62.3 Å². The number of aromatic nitrogens is 1. The van der Waals surface area contributed by atoms with Gasteiger partial charge in [-0.25, -0.2) is 4.98 Å². The lowest BCUT2D eigenvalue weighted by Gasteiger charge is -2.20. The van der Waals surface area contributed by atoms with Crippen LogP contribution in [0.2, 0.25) is 0 Å². The molecular weight excluding hydrogens is 334 g/mol. The van der Waals surface area contributed by atoms with Gasteiger partial charge in [-0.3, -0.25) is 14.5 Å². The first-order valence-corrected chi connectivity index (χ1v) is 8.62. The molecule has 0 atom stereocenters. The summed E-state index contributed by atoms with van der Waals surface area (Å²) in [5, 5.41) is 5.23. The third kappa shape index (κ3) is 3.92. The molecule has 5 nitrogen and oxygen atoms in total. The zero-order valence-corrected chi connectivity index (χ0v) is 14.7. The molecule has 0 bridgehead atoms. The normalized spacial score (nSPS) is 10.3. The Bertz CT molecular complexity index is 889. The second-order valence-corrected chi connectivity index (χ2v) is 6.34. The van der Waals surface area contributed by atoms with Crippen molar-refractivity contribution in [3.8, 4) is 0 Å². The molecule has 6 heteroatoms. The molecule has 0 saturated heterocycles. The number of nitrogens with zero attached hydrogens (tertiary/aromatic N) is 2. The summed E-state index contributed by atoms with van der Waals surface area (Å²) in [6, 6.07) is 16.2. The fourth-order valence-corrected chi connectivity index (χ4v) is 3.18. The first-order chi connectivity index (χ1) is 12.0. The van der Waals surface area contributed by atoms with Crippen molar-refractivity contribution in [2.45, 2.75) is 13.8 Å². The van der Waals surface area contributed by atoms with Gasteiger partial charge in [0.05, 0.1) is 11.4 Å². The standard InChI is InChI=1S/C19H17N3O2S/c1-13-12-25-19(20-13)22(17-6-4-3-5-7-17)18(24)15-8-10-16(11-9-15)21-14(2)23/h3-12H,1-2H3,(H,21,23). The molecule has 126 valence electrons. The highest BCUT2D eigenvalue weighted by atomic mass is 32.1. The molecule has 0 unspecified atom stereocenters. The van der Waals surface area contributed by atoms with Crippen molar-refractivity contribution in [2.24, 2.45) is 0 Å². The van der Waals surface area contributed by atoms with Crippen molar-refractivity contribution in [1.82, 2.24) is 4.98 Å². The van der Waals surface area contributed by atoms with Crippen molar-refractivity contribution in [3.63, 3.8) is 0 Å². The average Bonchev–Trinajstić information content (AvgIpc) is 3.02. The van der Waals surface area contributed by atoms with Gasteiger partial charge in [0.15, 0.2) is 5.13 Å². The van der Waals surface area contributed by atoms with Gasteiger partial charge < -0.3 is 5.32 Å². The van der Waals surface area contributed by atoms with Crippen molar-refractivity contribution < 1.29 is 9.59 Å². The van der Waals surface area contributed by atoms with E-state index in [-0.39, 0.29) is 11.8 Å². The molecular formula is C19H17N3O2S. The van der Waals surface area contributed by atoms with Crippen LogP contribution in [0.1, 0.15) is 23.0 Å². The summed E-state index contributed by atoms with van der Waals surface area (Å²) in [6.07, 6.45) is 0. The molecule has 1 aromatic heterocycles. The van der Waals surface area contributed by atoms with Gasteiger partial charge in [-0.1, -0.05) is 18.2 Å². The van der Waals surface area contributed by atoms with Crippen LogP contribution >= 0.6 is 11.3 Å². The number of carbonyl (C=O) groups excluding carboxylic acids is 2.